The summed E-state index contributed by atoms with van der Waals surface area (Å²) in [6.07, 6.45) is 1.40. The molecule has 1 N–H and O–H groups in total. The number of halogens is 1. The number of thioether (sulfide) groups is 1. The van der Waals surface area contributed by atoms with Crippen LogP contribution in [0.25, 0.3) is 0 Å². The molecule has 3 rings (SSSR count). The van der Waals surface area contributed by atoms with Crippen molar-refractivity contribution in [3.63, 3.8) is 0 Å². The first-order valence-electron chi connectivity index (χ1n) is 9.14. The Labute approximate surface area is 173 Å². The fourth-order valence-electron chi connectivity index (χ4n) is 2.81. The second-order valence-electron chi connectivity index (χ2n) is 6.49. The van der Waals surface area contributed by atoms with Crippen LogP contribution in [0.2, 0.25) is 5.02 Å². The van der Waals surface area contributed by atoms with Crippen LogP contribution < -0.4 is 5.32 Å². The first-order valence-corrected chi connectivity index (χ1v) is 10.5. The van der Waals surface area contributed by atoms with Gasteiger partial charge in [0.2, 0.25) is 0 Å². The molecule has 1 heterocycles. The zero-order valence-corrected chi connectivity index (χ0v) is 17.1. The van der Waals surface area contributed by atoms with Gasteiger partial charge in [-0.15, -0.1) is 11.8 Å². The van der Waals surface area contributed by atoms with Gasteiger partial charge in [-0.3, -0.25) is 4.79 Å². The van der Waals surface area contributed by atoms with Crippen molar-refractivity contribution in [3.05, 3.63) is 59.1 Å². The summed E-state index contributed by atoms with van der Waals surface area (Å²) in [5, 5.41) is 3.21. The average molecular weight is 420 g/mol. The van der Waals surface area contributed by atoms with Gasteiger partial charge in [0.05, 0.1) is 11.7 Å². The van der Waals surface area contributed by atoms with Crippen molar-refractivity contribution in [2.24, 2.45) is 0 Å². The van der Waals surface area contributed by atoms with Crippen molar-refractivity contribution >= 4 is 40.9 Å². The maximum atomic E-state index is 12.6. The van der Waals surface area contributed by atoms with E-state index in [-0.39, 0.29) is 6.10 Å². The molecule has 1 amide bonds. The zero-order valence-electron chi connectivity index (χ0n) is 15.5. The van der Waals surface area contributed by atoms with Crippen LogP contribution in [-0.2, 0) is 14.3 Å². The predicted molar refractivity (Wildman–Crippen MR) is 111 cm³/mol. The lowest BCUT2D eigenvalue weighted by molar-refractivity contribution is -0.123. The number of esters is 1. The summed E-state index contributed by atoms with van der Waals surface area (Å²) in [6, 6.07) is 14.0. The highest BCUT2D eigenvalue weighted by atomic mass is 35.5. The van der Waals surface area contributed by atoms with Gasteiger partial charge in [-0.2, -0.15) is 0 Å². The highest BCUT2D eigenvalue weighted by molar-refractivity contribution is 7.99. The molecule has 28 heavy (non-hydrogen) atoms. The molecular weight excluding hydrogens is 398 g/mol. The number of nitrogens with one attached hydrogen (secondary N) is 1. The van der Waals surface area contributed by atoms with E-state index in [2.05, 4.69) is 5.32 Å². The van der Waals surface area contributed by atoms with E-state index in [1.807, 2.05) is 12.1 Å². The largest absolute Gasteiger partial charge is 0.449 e. The Balaban J connectivity index is 1.59. The average Bonchev–Trinajstić information content (AvgIpc) is 3.20. The van der Waals surface area contributed by atoms with E-state index in [1.165, 1.54) is 0 Å². The second kappa shape index (κ2) is 9.96. The number of hydrogen-bond donors (Lipinski definition) is 1. The van der Waals surface area contributed by atoms with E-state index in [4.69, 9.17) is 21.1 Å². The fourth-order valence-corrected chi connectivity index (χ4v) is 4.11. The Morgan fingerprint density at radius 3 is 2.86 bits per heavy atom. The molecule has 148 valence electrons. The van der Waals surface area contributed by atoms with Crippen LogP contribution in [0.3, 0.4) is 0 Å². The molecule has 2 atom stereocenters. The van der Waals surface area contributed by atoms with Crippen LogP contribution in [0.4, 0.5) is 5.69 Å². The molecule has 1 aliphatic rings. The number of carbonyl (C=O) groups is 2. The molecule has 2 aromatic rings. The van der Waals surface area contributed by atoms with Crippen molar-refractivity contribution in [1.29, 1.82) is 0 Å². The van der Waals surface area contributed by atoms with Crippen molar-refractivity contribution in [2.45, 2.75) is 36.9 Å². The topological polar surface area (TPSA) is 64.6 Å². The number of amides is 1. The summed E-state index contributed by atoms with van der Waals surface area (Å²) in [5.74, 6) is -0.154. The normalized spacial score (nSPS) is 17.1. The lowest BCUT2D eigenvalue weighted by atomic mass is 10.2. The summed E-state index contributed by atoms with van der Waals surface area (Å²) >= 11 is 7.49. The number of rotatable bonds is 7. The molecule has 5 nitrogen and oxygen atoms in total. The molecule has 0 radical (unpaired) electrons. The monoisotopic (exact) mass is 419 g/mol. The van der Waals surface area contributed by atoms with Crippen LogP contribution in [0.15, 0.2) is 53.4 Å². The fraction of sp³-hybridized carbons (Fsp3) is 0.333. The van der Waals surface area contributed by atoms with Crippen LogP contribution in [0.5, 0.6) is 0 Å². The first-order chi connectivity index (χ1) is 13.5. The van der Waals surface area contributed by atoms with E-state index in [9.17, 15) is 9.59 Å². The molecule has 0 spiro atoms. The molecule has 2 aromatic carbocycles. The lowest BCUT2D eigenvalue weighted by Gasteiger charge is -2.15. The Morgan fingerprint density at radius 1 is 1.29 bits per heavy atom. The Bertz CT molecular complexity index is 839. The van der Waals surface area contributed by atoms with Gasteiger partial charge in [0.25, 0.3) is 5.91 Å². The van der Waals surface area contributed by atoms with E-state index >= 15 is 0 Å². The molecule has 0 unspecified atom stereocenters. The molecule has 0 saturated carbocycles. The summed E-state index contributed by atoms with van der Waals surface area (Å²) in [6.45, 7) is 2.34. The van der Waals surface area contributed by atoms with Crippen LogP contribution >= 0.6 is 23.4 Å². The van der Waals surface area contributed by atoms with E-state index in [1.54, 1.807) is 55.1 Å². The zero-order chi connectivity index (χ0) is 19.9. The summed E-state index contributed by atoms with van der Waals surface area (Å²) in [5.41, 5.74) is 1.00. The summed E-state index contributed by atoms with van der Waals surface area (Å²) in [4.78, 5) is 25.8. The first kappa shape index (κ1) is 20.7. The van der Waals surface area contributed by atoms with Gasteiger partial charge in [-0.1, -0.05) is 29.8 Å². The van der Waals surface area contributed by atoms with Crippen LogP contribution in [-0.4, -0.2) is 36.4 Å². The number of benzene rings is 2. The van der Waals surface area contributed by atoms with Crippen LogP contribution in [0.1, 0.15) is 30.1 Å². The van der Waals surface area contributed by atoms with Gasteiger partial charge in [0.15, 0.2) is 6.10 Å². The lowest BCUT2D eigenvalue weighted by Crippen LogP contribution is -2.30. The van der Waals surface area contributed by atoms with Gasteiger partial charge < -0.3 is 14.8 Å². The molecule has 0 aliphatic carbocycles. The maximum Gasteiger partial charge on any atom is 0.340 e. The molecule has 1 saturated heterocycles. The predicted octanol–water partition coefficient (Wildman–Crippen LogP) is 4.80. The molecule has 0 aromatic heterocycles. The quantitative estimate of drug-likeness (QED) is 0.516. The minimum atomic E-state index is -0.942. The van der Waals surface area contributed by atoms with E-state index in [0.717, 1.165) is 30.1 Å². The van der Waals surface area contributed by atoms with Crippen molar-refractivity contribution in [2.75, 3.05) is 17.7 Å². The van der Waals surface area contributed by atoms with Gasteiger partial charge >= 0.3 is 5.97 Å². The highest BCUT2D eigenvalue weighted by Crippen LogP contribution is 2.27. The number of carbonyl (C=O) groups excluding carboxylic acids is 2. The summed E-state index contributed by atoms with van der Waals surface area (Å²) in [7, 11) is 0. The third-order valence-electron chi connectivity index (χ3n) is 4.30. The van der Waals surface area contributed by atoms with Gasteiger partial charge in [-0.25, -0.2) is 4.79 Å². The van der Waals surface area contributed by atoms with E-state index in [0.29, 0.717) is 16.3 Å². The van der Waals surface area contributed by atoms with Crippen molar-refractivity contribution < 1.29 is 19.1 Å². The summed E-state index contributed by atoms with van der Waals surface area (Å²) < 4.78 is 11.0. The van der Waals surface area contributed by atoms with Crippen LogP contribution in [0, 0.1) is 0 Å². The molecule has 7 heteroatoms. The molecular formula is C21H22ClNO4S. The third-order valence-corrected chi connectivity index (χ3v) is 5.74. The second-order valence-corrected chi connectivity index (χ2v) is 7.99. The Morgan fingerprint density at radius 2 is 2.11 bits per heavy atom. The SMILES string of the molecule is C[C@@H](OC(=O)c1ccccc1SC[C@H]1CCCO1)C(=O)Nc1cccc(Cl)c1. The Hall–Kier alpha value is -2.02. The number of anilines is 1. The van der Waals surface area contributed by atoms with Gasteiger partial charge in [-0.05, 0) is 50.1 Å². The van der Waals surface area contributed by atoms with Gasteiger partial charge in [0.1, 0.15) is 0 Å². The van der Waals surface area contributed by atoms with E-state index < -0.39 is 18.0 Å². The molecule has 1 fully saturated rings. The minimum absolute atomic E-state index is 0.219. The third kappa shape index (κ3) is 5.74. The van der Waals surface area contributed by atoms with Crippen molar-refractivity contribution in [3.8, 4) is 0 Å². The highest BCUT2D eigenvalue weighted by Gasteiger charge is 2.22. The molecule has 0 bridgehead atoms. The van der Waals surface area contributed by atoms with Crippen molar-refractivity contribution in [1.82, 2.24) is 0 Å². The minimum Gasteiger partial charge on any atom is -0.449 e. The maximum absolute atomic E-state index is 12.6. The van der Waals surface area contributed by atoms with Gasteiger partial charge in [0, 0.05) is 28.0 Å². The Kier molecular flexibility index (Phi) is 7.36. The molecule has 1 aliphatic heterocycles. The standard InChI is InChI=1S/C21H22ClNO4S/c1-14(20(24)23-16-7-4-6-15(22)12-16)27-21(25)18-9-2-3-10-19(18)28-13-17-8-5-11-26-17/h2-4,6-7,9-10,12,14,17H,5,8,11,13H2,1H3,(H,23,24)/t14-,17-/m1/s1. The number of ether oxygens (including phenoxy) is 2. The smallest absolute Gasteiger partial charge is 0.340 e. The number of hydrogen-bond acceptors (Lipinski definition) is 5.